The number of benzene rings is 1. The van der Waals surface area contributed by atoms with E-state index >= 15 is 0 Å². The molecule has 0 heterocycles. The lowest BCUT2D eigenvalue weighted by molar-refractivity contribution is -0.122. The highest BCUT2D eigenvalue weighted by atomic mass is 32.1. The van der Waals surface area contributed by atoms with Crippen LogP contribution in [0.3, 0.4) is 0 Å². The standard InChI is InChI=1S/C15H19N3O2S/c1-3-4-14(20)17-18-15(21)16-13(19)10-9-12-7-5-11(2)6-8-12/h5-10H,3-4H2,1-2H3,(H,17,20)(H2,16,18,19,21)/b10-9+. The van der Waals surface area contributed by atoms with Crippen molar-refractivity contribution in [1.82, 2.24) is 16.2 Å². The average molecular weight is 305 g/mol. The fourth-order valence-electron chi connectivity index (χ4n) is 1.45. The molecule has 0 saturated heterocycles. The molecule has 21 heavy (non-hydrogen) atoms. The summed E-state index contributed by atoms with van der Waals surface area (Å²) in [7, 11) is 0. The summed E-state index contributed by atoms with van der Waals surface area (Å²) in [5, 5.41) is 2.49. The molecule has 1 aromatic rings. The van der Waals surface area contributed by atoms with E-state index in [-0.39, 0.29) is 16.9 Å². The van der Waals surface area contributed by atoms with Gasteiger partial charge in [-0.15, -0.1) is 0 Å². The van der Waals surface area contributed by atoms with Crippen molar-refractivity contribution in [3.63, 3.8) is 0 Å². The first-order chi connectivity index (χ1) is 10.0. The van der Waals surface area contributed by atoms with Crippen molar-refractivity contribution in [1.29, 1.82) is 0 Å². The van der Waals surface area contributed by atoms with Crippen molar-refractivity contribution >= 4 is 35.2 Å². The highest BCUT2D eigenvalue weighted by Gasteiger charge is 2.02. The van der Waals surface area contributed by atoms with Gasteiger partial charge in [0.1, 0.15) is 0 Å². The quantitative estimate of drug-likeness (QED) is 0.451. The van der Waals surface area contributed by atoms with Crippen LogP contribution in [0.5, 0.6) is 0 Å². The third kappa shape index (κ3) is 7.22. The molecular weight excluding hydrogens is 286 g/mol. The van der Waals surface area contributed by atoms with E-state index in [1.54, 1.807) is 6.08 Å². The summed E-state index contributed by atoms with van der Waals surface area (Å²) >= 11 is 4.89. The van der Waals surface area contributed by atoms with Crippen LogP contribution < -0.4 is 16.2 Å². The Morgan fingerprint density at radius 1 is 1.19 bits per heavy atom. The zero-order chi connectivity index (χ0) is 15.7. The van der Waals surface area contributed by atoms with E-state index in [2.05, 4.69) is 16.2 Å². The lowest BCUT2D eigenvalue weighted by Crippen LogP contribution is -2.48. The Balaban J connectivity index is 2.37. The van der Waals surface area contributed by atoms with Gasteiger partial charge in [0.05, 0.1) is 0 Å². The van der Waals surface area contributed by atoms with Gasteiger partial charge < -0.3 is 0 Å². The molecule has 0 aromatic heterocycles. The van der Waals surface area contributed by atoms with Crippen molar-refractivity contribution in [3.05, 3.63) is 41.5 Å². The minimum absolute atomic E-state index is 0.0537. The first-order valence-electron chi connectivity index (χ1n) is 6.66. The number of carbonyl (C=O) groups excluding carboxylic acids is 2. The summed E-state index contributed by atoms with van der Waals surface area (Å²) < 4.78 is 0. The Bertz CT molecular complexity index is 538. The van der Waals surface area contributed by atoms with Crippen LogP contribution in [0.2, 0.25) is 0 Å². The number of nitrogens with one attached hydrogen (secondary N) is 3. The summed E-state index contributed by atoms with van der Waals surface area (Å²) in [4.78, 5) is 22.8. The van der Waals surface area contributed by atoms with E-state index in [1.165, 1.54) is 6.08 Å². The van der Waals surface area contributed by atoms with Gasteiger partial charge in [-0.05, 0) is 37.2 Å². The number of hydrogen-bond acceptors (Lipinski definition) is 3. The number of amides is 2. The van der Waals surface area contributed by atoms with E-state index in [9.17, 15) is 9.59 Å². The average Bonchev–Trinajstić information content (AvgIpc) is 2.45. The van der Waals surface area contributed by atoms with Crippen molar-refractivity contribution in [2.45, 2.75) is 26.7 Å². The molecule has 0 saturated carbocycles. The molecule has 1 aromatic carbocycles. The van der Waals surface area contributed by atoms with Gasteiger partial charge in [0, 0.05) is 12.5 Å². The number of hydrazine groups is 1. The zero-order valence-corrected chi connectivity index (χ0v) is 12.9. The van der Waals surface area contributed by atoms with Crippen molar-refractivity contribution in [2.75, 3.05) is 0 Å². The van der Waals surface area contributed by atoms with Crippen LogP contribution in [0, 0.1) is 6.92 Å². The number of thiocarbonyl (C=S) groups is 1. The zero-order valence-electron chi connectivity index (χ0n) is 12.1. The van der Waals surface area contributed by atoms with Gasteiger partial charge in [-0.1, -0.05) is 36.8 Å². The second kappa shape index (κ2) is 8.86. The van der Waals surface area contributed by atoms with Gasteiger partial charge in [-0.2, -0.15) is 0 Å². The number of rotatable bonds is 4. The Kier molecular flexibility index (Phi) is 7.11. The smallest absolute Gasteiger partial charge is 0.250 e. The Morgan fingerprint density at radius 3 is 2.48 bits per heavy atom. The summed E-state index contributed by atoms with van der Waals surface area (Å²) in [5.74, 6) is -0.540. The maximum absolute atomic E-state index is 11.6. The number of hydrogen-bond donors (Lipinski definition) is 3. The third-order valence-electron chi connectivity index (χ3n) is 2.53. The minimum Gasteiger partial charge on any atom is -0.298 e. The van der Waals surface area contributed by atoms with Crippen molar-refractivity contribution in [3.8, 4) is 0 Å². The van der Waals surface area contributed by atoms with Crippen LogP contribution >= 0.6 is 12.2 Å². The highest BCUT2D eigenvalue weighted by Crippen LogP contribution is 2.04. The summed E-state index contributed by atoms with van der Waals surface area (Å²) in [5.41, 5.74) is 6.95. The van der Waals surface area contributed by atoms with Crippen LogP contribution in [0.15, 0.2) is 30.3 Å². The second-order valence-electron chi connectivity index (χ2n) is 4.49. The first kappa shape index (κ1) is 16.8. The molecule has 0 aliphatic carbocycles. The molecule has 0 spiro atoms. The molecule has 0 aliphatic rings. The van der Waals surface area contributed by atoms with Crippen LogP contribution in [-0.4, -0.2) is 16.9 Å². The molecule has 0 unspecified atom stereocenters. The number of carbonyl (C=O) groups is 2. The summed E-state index contributed by atoms with van der Waals surface area (Å²) in [6.45, 7) is 3.90. The maximum atomic E-state index is 11.6. The summed E-state index contributed by atoms with van der Waals surface area (Å²) in [6.07, 6.45) is 4.21. The van der Waals surface area contributed by atoms with Gasteiger partial charge in [0.15, 0.2) is 5.11 Å². The van der Waals surface area contributed by atoms with Crippen LogP contribution in [0.1, 0.15) is 30.9 Å². The molecule has 1 rings (SSSR count). The normalized spacial score (nSPS) is 10.2. The Hall–Kier alpha value is -2.21. The van der Waals surface area contributed by atoms with Gasteiger partial charge in [0.25, 0.3) is 0 Å². The Morgan fingerprint density at radius 2 is 1.86 bits per heavy atom. The molecule has 5 nitrogen and oxygen atoms in total. The molecule has 2 amide bonds. The molecule has 0 atom stereocenters. The maximum Gasteiger partial charge on any atom is 0.250 e. The fraction of sp³-hybridized carbons (Fsp3) is 0.267. The van der Waals surface area contributed by atoms with E-state index < -0.39 is 0 Å². The van der Waals surface area contributed by atoms with Crippen molar-refractivity contribution in [2.24, 2.45) is 0 Å². The molecule has 6 heteroatoms. The van der Waals surface area contributed by atoms with Crippen LogP contribution in [-0.2, 0) is 9.59 Å². The second-order valence-corrected chi connectivity index (χ2v) is 4.89. The predicted octanol–water partition coefficient (Wildman–Crippen LogP) is 1.83. The van der Waals surface area contributed by atoms with Gasteiger partial charge in [-0.3, -0.25) is 25.8 Å². The molecule has 0 fully saturated rings. The first-order valence-corrected chi connectivity index (χ1v) is 7.06. The Labute approximate surface area is 129 Å². The predicted molar refractivity (Wildman–Crippen MR) is 87.1 cm³/mol. The number of aryl methyl sites for hydroxylation is 1. The van der Waals surface area contributed by atoms with Gasteiger partial charge in [-0.25, -0.2) is 0 Å². The van der Waals surface area contributed by atoms with E-state index in [1.807, 2.05) is 38.1 Å². The lowest BCUT2D eigenvalue weighted by atomic mass is 10.1. The third-order valence-corrected chi connectivity index (χ3v) is 2.74. The molecule has 0 bridgehead atoms. The van der Waals surface area contributed by atoms with Gasteiger partial charge >= 0.3 is 0 Å². The fourth-order valence-corrected chi connectivity index (χ4v) is 1.60. The van der Waals surface area contributed by atoms with Gasteiger partial charge in [0.2, 0.25) is 11.8 Å². The molecular formula is C15H19N3O2S. The highest BCUT2D eigenvalue weighted by molar-refractivity contribution is 7.80. The largest absolute Gasteiger partial charge is 0.298 e. The molecule has 0 aliphatic heterocycles. The van der Waals surface area contributed by atoms with Crippen molar-refractivity contribution < 1.29 is 9.59 Å². The topological polar surface area (TPSA) is 70.2 Å². The van der Waals surface area contributed by atoms with Crippen LogP contribution in [0.4, 0.5) is 0 Å². The molecule has 3 N–H and O–H groups in total. The van der Waals surface area contributed by atoms with E-state index in [0.717, 1.165) is 17.5 Å². The molecule has 112 valence electrons. The van der Waals surface area contributed by atoms with E-state index in [0.29, 0.717) is 6.42 Å². The summed E-state index contributed by atoms with van der Waals surface area (Å²) in [6, 6.07) is 7.77. The SMILES string of the molecule is CCCC(=O)NNC(=S)NC(=O)/C=C/c1ccc(C)cc1. The molecule has 0 radical (unpaired) electrons. The minimum atomic E-state index is -0.363. The monoisotopic (exact) mass is 305 g/mol. The lowest BCUT2D eigenvalue weighted by Gasteiger charge is -2.08. The van der Waals surface area contributed by atoms with Crippen LogP contribution in [0.25, 0.3) is 6.08 Å². The van der Waals surface area contributed by atoms with E-state index in [4.69, 9.17) is 12.2 Å².